The lowest BCUT2D eigenvalue weighted by molar-refractivity contribution is 0.103. The molecule has 0 amide bonds. The Balaban J connectivity index is 3.29. The molecule has 0 saturated heterocycles. The normalized spacial score (nSPS) is 12.8. The first-order valence-electron chi connectivity index (χ1n) is 12.1. The standard InChI is InChI=1S/C24H51NO/c1-4-7-8-9-10-11-12-13-14-15-16-17-18-19-20-24(26)23-25(21-5-2)22-6-3/h24,26H,4-23H2,1-3H3. The van der Waals surface area contributed by atoms with E-state index >= 15 is 0 Å². The molecule has 0 spiro atoms. The van der Waals surface area contributed by atoms with Crippen molar-refractivity contribution < 1.29 is 5.11 Å². The van der Waals surface area contributed by atoms with E-state index < -0.39 is 0 Å². The van der Waals surface area contributed by atoms with E-state index in [-0.39, 0.29) is 6.10 Å². The lowest BCUT2D eigenvalue weighted by atomic mass is 10.0. The number of nitrogens with zero attached hydrogens (tertiary/aromatic N) is 1. The SMILES string of the molecule is CCCCCCCCCCCCCCCCC(O)CN(CCC)CCC. The third-order valence-electron chi connectivity index (χ3n) is 5.44. The van der Waals surface area contributed by atoms with E-state index in [1.807, 2.05) is 0 Å². The van der Waals surface area contributed by atoms with Gasteiger partial charge in [0.05, 0.1) is 6.10 Å². The zero-order chi connectivity index (χ0) is 19.3. The molecule has 1 N–H and O–H groups in total. The minimum atomic E-state index is -0.120. The summed E-state index contributed by atoms with van der Waals surface area (Å²) >= 11 is 0. The fraction of sp³-hybridized carbons (Fsp3) is 1.00. The van der Waals surface area contributed by atoms with Crippen LogP contribution in [0.5, 0.6) is 0 Å². The molecular formula is C24H51NO. The average Bonchev–Trinajstić information content (AvgIpc) is 2.62. The first-order valence-corrected chi connectivity index (χ1v) is 12.1. The molecule has 0 aliphatic heterocycles. The molecule has 1 atom stereocenters. The fourth-order valence-corrected chi connectivity index (χ4v) is 3.89. The van der Waals surface area contributed by atoms with Gasteiger partial charge in [-0.25, -0.2) is 0 Å². The lowest BCUT2D eigenvalue weighted by Crippen LogP contribution is -2.33. The van der Waals surface area contributed by atoms with Crippen molar-refractivity contribution in [3.63, 3.8) is 0 Å². The van der Waals surface area contributed by atoms with Gasteiger partial charge in [0.2, 0.25) is 0 Å². The minimum absolute atomic E-state index is 0.120. The molecule has 0 aromatic heterocycles. The van der Waals surface area contributed by atoms with Crippen molar-refractivity contribution in [2.45, 2.75) is 136 Å². The number of hydrogen-bond acceptors (Lipinski definition) is 2. The molecule has 0 aromatic carbocycles. The summed E-state index contributed by atoms with van der Waals surface area (Å²) in [6.45, 7) is 9.87. The van der Waals surface area contributed by atoms with Gasteiger partial charge in [-0.1, -0.05) is 111 Å². The highest BCUT2D eigenvalue weighted by atomic mass is 16.3. The van der Waals surface area contributed by atoms with Crippen LogP contribution in [-0.2, 0) is 0 Å². The zero-order valence-corrected chi connectivity index (χ0v) is 18.6. The van der Waals surface area contributed by atoms with Crippen LogP contribution in [0.1, 0.15) is 130 Å². The first kappa shape index (κ1) is 25.9. The first-order chi connectivity index (χ1) is 12.7. The third kappa shape index (κ3) is 18.7. The summed E-state index contributed by atoms with van der Waals surface area (Å²) in [4.78, 5) is 2.43. The smallest absolute Gasteiger partial charge is 0.0667 e. The molecule has 2 heteroatoms. The van der Waals surface area contributed by atoms with Gasteiger partial charge in [0.25, 0.3) is 0 Å². The molecule has 0 aliphatic carbocycles. The van der Waals surface area contributed by atoms with Crippen LogP contribution in [0.2, 0.25) is 0 Å². The van der Waals surface area contributed by atoms with Crippen molar-refractivity contribution in [1.82, 2.24) is 4.90 Å². The van der Waals surface area contributed by atoms with Crippen molar-refractivity contribution in [1.29, 1.82) is 0 Å². The maximum absolute atomic E-state index is 10.2. The van der Waals surface area contributed by atoms with Gasteiger partial charge in [0, 0.05) is 6.54 Å². The van der Waals surface area contributed by atoms with Crippen LogP contribution < -0.4 is 0 Å². The number of aliphatic hydroxyl groups excluding tert-OH is 1. The molecule has 0 radical (unpaired) electrons. The maximum atomic E-state index is 10.2. The van der Waals surface area contributed by atoms with Crippen LogP contribution >= 0.6 is 0 Å². The molecule has 0 aliphatic rings. The molecule has 0 rings (SSSR count). The van der Waals surface area contributed by atoms with Crippen LogP contribution in [-0.4, -0.2) is 35.7 Å². The van der Waals surface area contributed by atoms with Gasteiger partial charge in [0.1, 0.15) is 0 Å². The molecule has 2 nitrogen and oxygen atoms in total. The second-order valence-electron chi connectivity index (χ2n) is 8.34. The minimum Gasteiger partial charge on any atom is -0.392 e. The molecule has 1 unspecified atom stereocenters. The van der Waals surface area contributed by atoms with Crippen molar-refractivity contribution in [2.24, 2.45) is 0 Å². The summed E-state index contributed by atoms with van der Waals surface area (Å²) < 4.78 is 0. The van der Waals surface area contributed by atoms with E-state index in [4.69, 9.17) is 0 Å². The molecular weight excluding hydrogens is 318 g/mol. The van der Waals surface area contributed by atoms with Crippen LogP contribution in [0.15, 0.2) is 0 Å². The highest BCUT2D eigenvalue weighted by Gasteiger charge is 2.10. The van der Waals surface area contributed by atoms with E-state index in [1.165, 1.54) is 103 Å². The predicted molar refractivity (Wildman–Crippen MR) is 118 cm³/mol. The summed E-state index contributed by atoms with van der Waals surface area (Å²) in [5.74, 6) is 0. The quantitative estimate of drug-likeness (QED) is 0.214. The monoisotopic (exact) mass is 369 g/mol. The molecule has 26 heavy (non-hydrogen) atoms. The lowest BCUT2D eigenvalue weighted by Gasteiger charge is -2.24. The van der Waals surface area contributed by atoms with E-state index in [9.17, 15) is 5.11 Å². The Labute approximate surface area is 166 Å². The second-order valence-corrected chi connectivity index (χ2v) is 8.34. The molecule has 0 fully saturated rings. The Morgan fingerprint density at radius 3 is 1.31 bits per heavy atom. The van der Waals surface area contributed by atoms with Crippen molar-refractivity contribution in [3.05, 3.63) is 0 Å². The summed E-state index contributed by atoms with van der Waals surface area (Å²) in [6, 6.07) is 0. The van der Waals surface area contributed by atoms with E-state index in [0.29, 0.717) is 0 Å². The summed E-state index contributed by atoms with van der Waals surface area (Å²) in [5.41, 5.74) is 0. The molecule has 0 aromatic rings. The molecule has 158 valence electrons. The molecule has 0 saturated carbocycles. The van der Waals surface area contributed by atoms with Gasteiger partial charge in [-0.3, -0.25) is 0 Å². The predicted octanol–water partition coefficient (Wildman–Crippen LogP) is 7.34. The van der Waals surface area contributed by atoms with E-state index in [0.717, 1.165) is 26.1 Å². The zero-order valence-electron chi connectivity index (χ0n) is 18.6. The van der Waals surface area contributed by atoms with E-state index in [1.54, 1.807) is 0 Å². The Bertz CT molecular complexity index is 251. The molecule has 0 bridgehead atoms. The third-order valence-corrected chi connectivity index (χ3v) is 5.44. The highest BCUT2D eigenvalue weighted by Crippen LogP contribution is 2.14. The Hall–Kier alpha value is -0.0800. The van der Waals surface area contributed by atoms with Gasteiger partial charge in [-0.05, 0) is 32.4 Å². The van der Waals surface area contributed by atoms with Crippen molar-refractivity contribution in [2.75, 3.05) is 19.6 Å². The topological polar surface area (TPSA) is 23.5 Å². The number of hydrogen-bond donors (Lipinski definition) is 1. The van der Waals surface area contributed by atoms with Crippen LogP contribution in [0, 0.1) is 0 Å². The van der Waals surface area contributed by atoms with Crippen LogP contribution in [0.4, 0.5) is 0 Å². The number of unbranched alkanes of at least 4 members (excludes halogenated alkanes) is 13. The maximum Gasteiger partial charge on any atom is 0.0667 e. The number of rotatable bonds is 21. The number of aliphatic hydroxyl groups is 1. The Kier molecular flexibility index (Phi) is 21.2. The van der Waals surface area contributed by atoms with Crippen molar-refractivity contribution in [3.8, 4) is 0 Å². The Morgan fingerprint density at radius 2 is 0.923 bits per heavy atom. The largest absolute Gasteiger partial charge is 0.392 e. The van der Waals surface area contributed by atoms with Gasteiger partial charge in [0.15, 0.2) is 0 Å². The van der Waals surface area contributed by atoms with E-state index in [2.05, 4.69) is 25.7 Å². The fourth-order valence-electron chi connectivity index (χ4n) is 3.89. The van der Waals surface area contributed by atoms with Gasteiger partial charge < -0.3 is 10.0 Å². The van der Waals surface area contributed by atoms with Gasteiger partial charge >= 0.3 is 0 Å². The summed E-state index contributed by atoms with van der Waals surface area (Å²) in [5, 5.41) is 10.2. The molecule has 0 heterocycles. The van der Waals surface area contributed by atoms with Gasteiger partial charge in [-0.15, -0.1) is 0 Å². The van der Waals surface area contributed by atoms with Crippen LogP contribution in [0.3, 0.4) is 0 Å². The van der Waals surface area contributed by atoms with Crippen molar-refractivity contribution >= 4 is 0 Å². The average molecular weight is 370 g/mol. The second kappa shape index (κ2) is 21.2. The Morgan fingerprint density at radius 1 is 0.538 bits per heavy atom. The summed E-state index contributed by atoms with van der Waals surface area (Å²) in [6.07, 6.45) is 22.8. The van der Waals surface area contributed by atoms with Crippen LogP contribution in [0.25, 0.3) is 0 Å². The summed E-state index contributed by atoms with van der Waals surface area (Å²) in [7, 11) is 0. The van der Waals surface area contributed by atoms with Gasteiger partial charge in [-0.2, -0.15) is 0 Å². The highest BCUT2D eigenvalue weighted by molar-refractivity contribution is 4.64.